The first-order valence-electron chi connectivity index (χ1n) is 12.1. The molecule has 4 aliphatic rings. The second kappa shape index (κ2) is 7.58. The van der Waals surface area contributed by atoms with Crippen molar-refractivity contribution in [2.45, 2.75) is 68.0 Å². The molecule has 2 aromatic rings. The third-order valence-electron chi connectivity index (χ3n) is 8.31. The van der Waals surface area contributed by atoms with Crippen molar-refractivity contribution in [3.63, 3.8) is 0 Å². The molecule has 176 valence electrons. The molecule has 2 aromatic carbocycles. The van der Waals surface area contributed by atoms with Crippen LogP contribution in [-0.4, -0.2) is 51.7 Å². The maximum atomic E-state index is 13.6. The number of amides is 2. The number of ether oxygens (including phenoxy) is 1. The van der Waals surface area contributed by atoms with Gasteiger partial charge < -0.3 is 20.1 Å². The number of carboxylic acid groups (broad SMARTS) is 1. The highest BCUT2D eigenvalue weighted by atomic mass is 16.5. The van der Waals surface area contributed by atoms with Crippen molar-refractivity contribution in [2.75, 3.05) is 6.61 Å². The van der Waals surface area contributed by atoms with E-state index in [1.165, 1.54) is 0 Å². The summed E-state index contributed by atoms with van der Waals surface area (Å²) in [6.45, 7) is 0.194. The summed E-state index contributed by atoms with van der Waals surface area (Å²) in [4.78, 5) is 39.7. The minimum absolute atomic E-state index is 0.0315. The van der Waals surface area contributed by atoms with Gasteiger partial charge in [-0.15, -0.1) is 0 Å². The van der Waals surface area contributed by atoms with Crippen LogP contribution in [0.4, 0.5) is 4.79 Å². The number of nitrogens with one attached hydrogen (secondary N) is 1. The van der Waals surface area contributed by atoms with E-state index < -0.39 is 23.1 Å². The predicted molar refractivity (Wildman–Crippen MR) is 124 cm³/mol. The van der Waals surface area contributed by atoms with Gasteiger partial charge in [-0.05, 0) is 60.8 Å². The van der Waals surface area contributed by atoms with Crippen LogP contribution in [0, 0.1) is 0 Å². The van der Waals surface area contributed by atoms with E-state index in [1.807, 2.05) is 24.3 Å². The molecule has 2 N–H and O–H groups in total. The number of alkyl carbamates (subject to hydrolysis) is 1. The molecule has 3 fully saturated rings. The second-order valence-electron chi connectivity index (χ2n) is 10.2. The molecule has 2 saturated heterocycles. The van der Waals surface area contributed by atoms with Crippen LogP contribution < -0.4 is 5.32 Å². The van der Waals surface area contributed by atoms with Crippen molar-refractivity contribution >= 4 is 18.0 Å². The Balaban J connectivity index is 1.15. The average Bonchev–Trinajstić information content (AvgIpc) is 3.28. The number of nitrogens with zero attached hydrogens (tertiary/aromatic N) is 1. The lowest BCUT2D eigenvalue weighted by Crippen LogP contribution is -2.56. The molecule has 1 saturated carbocycles. The molecule has 7 nitrogen and oxygen atoms in total. The highest BCUT2D eigenvalue weighted by molar-refractivity contribution is 5.94. The number of carboxylic acids is 1. The Morgan fingerprint density at radius 3 is 2.09 bits per heavy atom. The summed E-state index contributed by atoms with van der Waals surface area (Å²) in [7, 11) is 0. The van der Waals surface area contributed by atoms with E-state index in [0.717, 1.165) is 47.9 Å². The van der Waals surface area contributed by atoms with Crippen molar-refractivity contribution in [3.8, 4) is 11.1 Å². The fourth-order valence-corrected chi connectivity index (χ4v) is 6.53. The summed E-state index contributed by atoms with van der Waals surface area (Å²) in [5, 5.41) is 12.3. The van der Waals surface area contributed by atoms with Gasteiger partial charge in [0, 0.05) is 12.0 Å². The molecule has 0 radical (unpaired) electrons. The highest BCUT2D eigenvalue weighted by Crippen LogP contribution is 2.52. The Bertz CT molecular complexity index is 1130. The number of carbonyl (C=O) groups excluding carboxylic acids is 2. The van der Waals surface area contributed by atoms with Crippen LogP contribution in [0.1, 0.15) is 62.0 Å². The Morgan fingerprint density at radius 2 is 1.53 bits per heavy atom. The van der Waals surface area contributed by atoms with Crippen LogP contribution in [0.15, 0.2) is 48.5 Å². The predicted octanol–water partition coefficient (Wildman–Crippen LogP) is 4.06. The third kappa shape index (κ3) is 3.21. The van der Waals surface area contributed by atoms with Gasteiger partial charge in [-0.2, -0.15) is 0 Å². The third-order valence-corrected chi connectivity index (χ3v) is 8.31. The monoisotopic (exact) mass is 460 g/mol. The molecule has 0 unspecified atom stereocenters. The number of hydrogen-bond donors (Lipinski definition) is 2. The fourth-order valence-electron chi connectivity index (χ4n) is 6.53. The van der Waals surface area contributed by atoms with E-state index in [9.17, 15) is 19.5 Å². The summed E-state index contributed by atoms with van der Waals surface area (Å²) >= 11 is 0. The van der Waals surface area contributed by atoms with Gasteiger partial charge in [0.25, 0.3) is 0 Å². The number of aliphatic carboxylic acids is 1. The molecule has 34 heavy (non-hydrogen) atoms. The standard InChI is InChI=1S/C27H28N2O5/c30-23(31)15-26-11-9-17(10-12-26)29(26)24(32)27(13-14-27)28-25(33)34-16-22-20-7-3-1-5-18(20)19-6-2-4-8-21(19)22/h1-8,17,22H,9-16H2,(H,28,33)(H,30,31). The molecule has 2 bridgehead atoms. The first kappa shape index (κ1) is 21.2. The summed E-state index contributed by atoms with van der Waals surface area (Å²) in [6, 6.07) is 16.4. The quantitative estimate of drug-likeness (QED) is 0.678. The van der Waals surface area contributed by atoms with Crippen molar-refractivity contribution < 1.29 is 24.2 Å². The van der Waals surface area contributed by atoms with Crippen LogP contribution in [-0.2, 0) is 14.3 Å². The summed E-state index contributed by atoms with van der Waals surface area (Å²) in [5.41, 5.74) is 3.03. The van der Waals surface area contributed by atoms with Crippen LogP contribution in [0.2, 0.25) is 0 Å². The molecule has 2 aliphatic heterocycles. The zero-order chi connectivity index (χ0) is 23.5. The number of carbonyl (C=O) groups is 3. The molecule has 7 heteroatoms. The van der Waals surface area contributed by atoms with Crippen molar-refractivity contribution in [3.05, 3.63) is 59.7 Å². The maximum Gasteiger partial charge on any atom is 0.408 e. The molecular formula is C27H28N2O5. The second-order valence-corrected chi connectivity index (χ2v) is 10.2. The Morgan fingerprint density at radius 1 is 0.941 bits per heavy atom. The molecular weight excluding hydrogens is 432 g/mol. The van der Waals surface area contributed by atoms with Gasteiger partial charge in [0.1, 0.15) is 12.1 Å². The van der Waals surface area contributed by atoms with Gasteiger partial charge in [0.05, 0.1) is 12.0 Å². The van der Waals surface area contributed by atoms with Gasteiger partial charge in [0.15, 0.2) is 0 Å². The Labute approximate surface area is 198 Å². The smallest absolute Gasteiger partial charge is 0.408 e. The van der Waals surface area contributed by atoms with E-state index in [2.05, 4.69) is 29.6 Å². The van der Waals surface area contributed by atoms with Gasteiger partial charge in [0.2, 0.25) is 5.91 Å². The Hall–Kier alpha value is -3.35. The lowest BCUT2D eigenvalue weighted by Gasteiger charge is -2.36. The van der Waals surface area contributed by atoms with Gasteiger partial charge in [-0.25, -0.2) is 4.79 Å². The lowest BCUT2D eigenvalue weighted by molar-refractivity contribution is -0.144. The van der Waals surface area contributed by atoms with E-state index >= 15 is 0 Å². The van der Waals surface area contributed by atoms with Crippen molar-refractivity contribution in [1.82, 2.24) is 10.2 Å². The van der Waals surface area contributed by atoms with Gasteiger partial charge in [-0.3, -0.25) is 9.59 Å². The average molecular weight is 461 g/mol. The van der Waals surface area contributed by atoms with E-state index in [0.29, 0.717) is 12.8 Å². The van der Waals surface area contributed by atoms with Crippen LogP contribution in [0.25, 0.3) is 11.1 Å². The summed E-state index contributed by atoms with van der Waals surface area (Å²) < 4.78 is 5.67. The first-order chi connectivity index (χ1) is 16.4. The normalized spacial score (nSPS) is 25.5. The van der Waals surface area contributed by atoms with Crippen molar-refractivity contribution in [2.24, 2.45) is 0 Å². The maximum absolute atomic E-state index is 13.6. The fraction of sp³-hybridized carbons (Fsp3) is 0.444. The minimum Gasteiger partial charge on any atom is -0.481 e. The zero-order valence-electron chi connectivity index (χ0n) is 19.0. The molecule has 2 amide bonds. The number of rotatable bonds is 6. The van der Waals surface area contributed by atoms with E-state index in [4.69, 9.17) is 4.74 Å². The summed E-state index contributed by atoms with van der Waals surface area (Å²) in [6.07, 6.45) is 3.60. The largest absolute Gasteiger partial charge is 0.481 e. The Kier molecular flexibility index (Phi) is 4.73. The number of benzene rings is 2. The molecule has 2 heterocycles. The van der Waals surface area contributed by atoms with Gasteiger partial charge >= 0.3 is 12.1 Å². The first-order valence-corrected chi connectivity index (χ1v) is 12.1. The molecule has 0 aromatic heterocycles. The molecule has 2 aliphatic carbocycles. The van der Waals surface area contributed by atoms with Crippen molar-refractivity contribution in [1.29, 1.82) is 0 Å². The van der Waals surface area contributed by atoms with Crippen LogP contribution in [0.3, 0.4) is 0 Å². The molecule has 0 atom stereocenters. The minimum atomic E-state index is -0.959. The van der Waals surface area contributed by atoms with Gasteiger partial charge in [-0.1, -0.05) is 48.5 Å². The van der Waals surface area contributed by atoms with E-state index in [1.54, 1.807) is 4.90 Å². The zero-order valence-corrected chi connectivity index (χ0v) is 19.0. The lowest BCUT2D eigenvalue weighted by atomic mass is 9.85. The molecule has 6 rings (SSSR count). The SMILES string of the molecule is O=C(O)CC12CCC(CC1)N2C(=O)C1(NC(=O)OCC2c3ccccc3-c3ccccc32)CC1. The van der Waals surface area contributed by atoms with Crippen LogP contribution in [0.5, 0.6) is 0 Å². The number of hydrogen-bond acceptors (Lipinski definition) is 4. The number of fused-ring (bicyclic) bond motifs is 5. The topological polar surface area (TPSA) is 95.9 Å². The highest BCUT2D eigenvalue weighted by Gasteiger charge is 2.62. The van der Waals surface area contributed by atoms with E-state index in [-0.39, 0.29) is 30.9 Å². The summed E-state index contributed by atoms with van der Waals surface area (Å²) in [5.74, 6) is -1.06. The van der Waals surface area contributed by atoms with Crippen LogP contribution >= 0.6 is 0 Å². The molecule has 0 spiro atoms.